The van der Waals surface area contributed by atoms with Crippen molar-refractivity contribution in [1.82, 2.24) is 5.32 Å². The third kappa shape index (κ3) is 4.95. The maximum atomic E-state index is 12.3. The molecule has 2 amide bonds. The van der Waals surface area contributed by atoms with E-state index >= 15 is 0 Å². The van der Waals surface area contributed by atoms with Crippen molar-refractivity contribution in [3.8, 4) is 0 Å². The molecule has 2 rings (SSSR count). The maximum absolute atomic E-state index is 12.3. The number of anilines is 1. The van der Waals surface area contributed by atoms with E-state index in [-0.39, 0.29) is 17.9 Å². The van der Waals surface area contributed by atoms with Crippen LogP contribution in [0.4, 0.5) is 5.69 Å². The Morgan fingerprint density at radius 1 is 1.04 bits per heavy atom. The largest absolute Gasteiger partial charge is 0.480 e. The topological polar surface area (TPSA) is 95.5 Å². The molecule has 2 aromatic rings. The predicted octanol–water partition coefficient (Wildman–Crippen LogP) is 2.07. The predicted molar refractivity (Wildman–Crippen MR) is 89.8 cm³/mol. The lowest BCUT2D eigenvalue weighted by Gasteiger charge is -2.15. The van der Waals surface area contributed by atoms with E-state index in [1.807, 2.05) is 18.2 Å². The summed E-state index contributed by atoms with van der Waals surface area (Å²) in [5.74, 6) is -1.86. The van der Waals surface area contributed by atoms with E-state index in [0.29, 0.717) is 5.69 Å². The number of rotatable bonds is 6. The van der Waals surface area contributed by atoms with Gasteiger partial charge in [-0.25, -0.2) is 4.79 Å². The fourth-order valence-electron chi connectivity index (χ4n) is 2.23. The van der Waals surface area contributed by atoms with Gasteiger partial charge in [0.15, 0.2) is 0 Å². The van der Waals surface area contributed by atoms with Gasteiger partial charge in [-0.05, 0) is 23.8 Å². The van der Waals surface area contributed by atoms with Crippen LogP contribution in [0.25, 0.3) is 0 Å². The first-order valence-electron chi connectivity index (χ1n) is 7.41. The van der Waals surface area contributed by atoms with E-state index in [1.165, 1.54) is 13.0 Å². The highest BCUT2D eigenvalue weighted by Crippen LogP contribution is 2.11. The monoisotopic (exact) mass is 326 g/mol. The molecule has 124 valence electrons. The number of hydrogen-bond donors (Lipinski definition) is 3. The molecule has 0 bridgehead atoms. The molecule has 0 heterocycles. The van der Waals surface area contributed by atoms with Crippen molar-refractivity contribution in [1.29, 1.82) is 0 Å². The average molecular weight is 326 g/mol. The molecule has 0 saturated carbocycles. The fourth-order valence-corrected chi connectivity index (χ4v) is 2.23. The Labute approximate surface area is 139 Å². The molecule has 6 nitrogen and oxygen atoms in total. The summed E-state index contributed by atoms with van der Waals surface area (Å²) in [5.41, 5.74) is 1.57. The van der Waals surface area contributed by atoms with Crippen molar-refractivity contribution < 1.29 is 19.5 Å². The summed E-state index contributed by atoms with van der Waals surface area (Å²) < 4.78 is 0. The lowest BCUT2D eigenvalue weighted by atomic mass is 10.1. The van der Waals surface area contributed by atoms with Crippen LogP contribution in [-0.2, 0) is 16.0 Å². The van der Waals surface area contributed by atoms with Crippen LogP contribution in [0.3, 0.4) is 0 Å². The lowest BCUT2D eigenvalue weighted by molar-refractivity contribution is -0.139. The minimum Gasteiger partial charge on any atom is -0.480 e. The van der Waals surface area contributed by atoms with Gasteiger partial charge in [-0.2, -0.15) is 0 Å². The third-order valence-electron chi connectivity index (χ3n) is 3.33. The van der Waals surface area contributed by atoms with E-state index in [1.54, 1.807) is 30.3 Å². The van der Waals surface area contributed by atoms with Crippen LogP contribution < -0.4 is 10.6 Å². The molecule has 0 saturated heterocycles. The molecule has 2 aromatic carbocycles. The highest BCUT2D eigenvalue weighted by atomic mass is 16.4. The number of hydrogen-bond acceptors (Lipinski definition) is 3. The van der Waals surface area contributed by atoms with Gasteiger partial charge in [0.05, 0.1) is 0 Å². The van der Waals surface area contributed by atoms with Crippen LogP contribution in [0.5, 0.6) is 0 Å². The molecule has 0 aliphatic carbocycles. The van der Waals surface area contributed by atoms with Crippen LogP contribution in [0, 0.1) is 0 Å². The number of nitrogens with one attached hydrogen (secondary N) is 2. The highest BCUT2D eigenvalue weighted by molar-refractivity contribution is 5.98. The van der Waals surface area contributed by atoms with E-state index in [2.05, 4.69) is 10.6 Å². The van der Waals surface area contributed by atoms with Gasteiger partial charge in [0.1, 0.15) is 6.04 Å². The van der Waals surface area contributed by atoms with Gasteiger partial charge in [0, 0.05) is 24.6 Å². The summed E-state index contributed by atoms with van der Waals surface area (Å²) in [5, 5.41) is 14.4. The molecule has 0 unspecified atom stereocenters. The molecule has 1 atom stereocenters. The van der Waals surface area contributed by atoms with Crippen molar-refractivity contribution in [2.75, 3.05) is 5.32 Å². The Morgan fingerprint density at radius 2 is 1.75 bits per heavy atom. The second-order valence-electron chi connectivity index (χ2n) is 5.32. The smallest absolute Gasteiger partial charge is 0.326 e. The Bertz CT molecular complexity index is 744. The Balaban J connectivity index is 2.10. The van der Waals surface area contributed by atoms with Crippen LogP contribution in [0.2, 0.25) is 0 Å². The van der Waals surface area contributed by atoms with Crippen molar-refractivity contribution >= 4 is 23.5 Å². The number of carbonyl (C=O) groups excluding carboxylic acids is 2. The number of carbonyl (C=O) groups is 3. The number of amides is 2. The quantitative estimate of drug-likeness (QED) is 0.757. The zero-order valence-corrected chi connectivity index (χ0v) is 13.2. The van der Waals surface area contributed by atoms with Gasteiger partial charge in [-0.3, -0.25) is 9.59 Å². The van der Waals surface area contributed by atoms with Gasteiger partial charge in [0.2, 0.25) is 5.91 Å². The number of aliphatic carboxylic acids is 1. The zero-order chi connectivity index (χ0) is 17.5. The molecular weight excluding hydrogens is 308 g/mol. The first-order chi connectivity index (χ1) is 11.5. The summed E-state index contributed by atoms with van der Waals surface area (Å²) >= 11 is 0. The van der Waals surface area contributed by atoms with Gasteiger partial charge >= 0.3 is 5.97 Å². The zero-order valence-electron chi connectivity index (χ0n) is 13.2. The lowest BCUT2D eigenvalue weighted by Crippen LogP contribution is -2.42. The standard InChI is InChI=1S/C18H18N2O4/c1-12(21)19-15-9-5-8-14(11-15)17(22)20-16(18(23)24)10-13-6-3-2-4-7-13/h2-9,11,16H,10H2,1H3,(H,19,21)(H,20,22)(H,23,24)/t16-/m0/s1. The fraction of sp³-hybridized carbons (Fsp3) is 0.167. The summed E-state index contributed by atoms with van der Waals surface area (Å²) in [6.07, 6.45) is 0.188. The SMILES string of the molecule is CC(=O)Nc1cccc(C(=O)N[C@@H](Cc2ccccc2)C(=O)O)c1. The normalized spacial score (nSPS) is 11.4. The van der Waals surface area contributed by atoms with Gasteiger partial charge < -0.3 is 15.7 Å². The van der Waals surface area contributed by atoms with E-state index in [0.717, 1.165) is 5.56 Å². The number of carboxylic acids is 1. The molecule has 0 fully saturated rings. The molecule has 0 aliphatic rings. The Hall–Kier alpha value is -3.15. The molecule has 3 N–H and O–H groups in total. The van der Waals surface area contributed by atoms with Gasteiger partial charge in [-0.1, -0.05) is 36.4 Å². The average Bonchev–Trinajstić information content (AvgIpc) is 2.54. The summed E-state index contributed by atoms with van der Waals surface area (Å²) in [6.45, 7) is 1.37. The van der Waals surface area contributed by atoms with E-state index in [4.69, 9.17) is 0 Å². The number of carboxylic acid groups (broad SMARTS) is 1. The van der Waals surface area contributed by atoms with Crippen LogP contribution in [0.1, 0.15) is 22.8 Å². The van der Waals surface area contributed by atoms with Crippen molar-refractivity contribution in [2.45, 2.75) is 19.4 Å². The first-order valence-corrected chi connectivity index (χ1v) is 7.41. The van der Waals surface area contributed by atoms with Crippen molar-refractivity contribution in [2.24, 2.45) is 0 Å². The molecule has 6 heteroatoms. The third-order valence-corrected chi connectivity index (χ3v) is 3.33. The Kier molecular flexibility index (Phi) is 5.68. The number of benzene rings is 2. The van der Waals surface area contributed by atoms with Crippen molar-refractivity contribution in [3.63, 3.8) is 0 Å². The Morgan fingerprint density at radius 3 is 2.38 bits per heavy atom. The molecule has 0 aromatic heterocycles. The summed E-state index contributed by atoms with van der Waals surface area (Å²) in [7, 11) is 0. The molecule has 24 heavy (non-hydrogen) atoms. The minimum atomic E-state index is -1.11. The van der Waals surface area contributed by atoms with E-state index < -0.39 is 17.9 Å². The van der Waals surface area contributed by atoms with Gasteiger partial charge in [0.25, 0.3) is 5.91 Å². The van der Waals surface area contributed by atoms with Crippen LogP contribution >= 0.6 is 0 Å². The second kappa shape index (κ2) is 7.92. The molecule has 0 radical (unpaired) electrons. The van der Waals surface area contributed by atoms with Crippen LogP contribution in [0.15, 0.2) is 54.6 Å². The summed E-state index contributed by atoms with van der Waals surface area (Å²) in [4.78, 5) is 34.8. The molecular formula is C18H18N2O4. The van der Waals surface area contributed by atoms with Crippen molar-refractivity contribution in [3.05, 3.63) is 65.7 Å². The van der Waals surface area contributed by atoms with E-state index in [9.17, 15) is 19.5 Å². The molecule has 0 spiro atoms. The second-order valence-corrected chi connectivity index (χ2v) is 5.32. The highest BCUT2D eigenvalue weighted by Gasteiger charge is 2.21. The first kappa shape index (κ1) is 17.2. The molecule has 0 aliphatic heterocycles. The minimum absolute atomic E-state index is 0.188. The maximum Gasteiger partial charge on any atom is 0.326 e. The van der Waals surface area contributed by atoms with Crippen LogP contribution in [-0.4, -0.2) is 28.9 Å². The van der Waals surface area contributed by atoms with Gasteiger partial charge in [-0.15, -0.1) is 0 Å². The summed E-state index contributed by atoms with van der Waals surface area (Å²) in [6, 6.07) is 14.4.